The first-order valence-corrected chi connectivity index (χ1v) is 13.3. The number of methoxy groups -OCH3 is 4. The van der Waals surface area contributed by atoms with Crippen molar-refractivity contribution >= 4 is 11.9 Å². The molecule has 8 nitrogen and oxygen atoms in total. The molecule has 0 spiro atoms. The van der Waals surface area contributed by atoms with E-state index in [1.54, 1.807) is 36.4 Å². The highest BCUT2D eigenvalue weighted by atomic mass is 16.5. The van der Waals surface area contributed by atoms with Gasteiger partial charge in [0.25, 0.3) is 0 Å². The Bertz CT molecular complexity index is 1280. The monoisotopic (exact) mass is 572 g/mol. The van der Waals surface area contributed by atoms with Gasteiger partial charge in [-0.05, 0) is 48.2 Å². The lowest BCUT2D eigenvalue weighted by Crippen LogP contribution is -2.16. The van der Waals surface area contributed by atoms with E-state index in [0.717, 1.165) is 11.1 Å². The lowest BCUT2D eigenvalue weighted by molar-refractivity contribution is -0.139. The molecular formula is C34H36O8. The smallest absolute Gasteiger partial charge is 0.311 e. The molecule has 0 heterocycles. The van der Waals surface area contributed by atoms with Crippen molar-refractivity contribution in [1.82, 2.24) is 0 Å². The van der Waals surface area contributed by atoms with Gasteiger partial charge in [0.1, 0.15) is 23.0 Å². The van der Waals surface area contributed by atoms with Gasteiger partial charge in [-0.2, -0.15) is 0 Å². The lowest BCUT2D eigenvalue weighted by Gasteiger charge is -2.19. The molecule has 0 aliphatic carbocycles. The number of carboxylic acids is 2. The van der Waals surface area contributed by atoms with E-state index < -0.39 is 23.8 Å². The van der Waals surface area contributed by atoms with Crippen LogP contribution in [0.1, 0.15) is 34.1 Å². The van der Waals surface area contributed by atoms with E-state index in [1.165, 1.54) is 28.4 Å². The molecule has 2 atom stereocenters. The first kappa shape index (κ1) is 31.5. The van der Waals surface area contributed by atoms with Gasteiger partial charge in [-0.25, -0.2) is 0 Å². The molecule has 2 N–H and O–H groups in total. The van der Waals surface area contributed by atoms with Gasteiger partial charge in [0.15, 0.2) is 0 Å². The van der Waals surface area contributed by atoms with Crippen molar-refractivity contribution in [3.05, 3.63) is 119 Å². The predicted octanol–water partition coefficient (Wildman–Crippen LogP) is 6.23. The zero-order valence-electron chi connectivity index (χ0n) is 24.2. The number of aliphatic carboxylic acids is 2. The van der Waals surface area contributed by atoms with Crippen molar-refractivity contribution in [2.75, 3.05) is 28.4 Å². The second-order valence-corrected chi connectivity index (χ2v) is 9.31. The second kappa shape index (κ2) is 15.7. The summed E-state index contributed by atoms with van der Waals surface area (Å²) in [5, 5.41) is 19.2. The summed E-state index contributed by atoms with van der Waals surface area (Å²) in [5.74, 6) is -1.15. The Morgan fingerprint density at radius 1 is 0.500 bits per heavy atom. The number of carboxylic acid groups (broad SMARTS) is 2. The molecule has 0 saturated carbocycles. The van der Waals surface area contributed by atoms with Crippen LogP contribution in [-0.2, 0) is 22.4 Å². The van der Waals surface area contributed by atoms with Crippen LogP contribution in [0.25, 0.3) is 0 Å². The van der Waals surface area contributed by atoms with E-state index in [9.17, 15) is 19.8 Å². The molecule has 42 heavy (non-hydrogen) atoms. The Balaban J connectivity index is 0.000000230. The Morgan fingerprint density at radius 2 is 0.786 bits per heavy atom. The SMILES string of the molecule is COc1cccc(OC)c1C(Cc1ccccc1)C(=O)O.COc1cccc(OC)c1C(Cc1ccccc1)C(=O)O. The van der Waals surface area contributed by atoms with Crippen LogP contribution in [-0.4, -0.2) is 50.6 Å². The van der Waals surface area contributed by atoms with Gasteiger partial charge < -0.3 is 29.2 Å². The maximum absolute atomic E-state index is 11.7. The highest BCUT2D eigenvalue weighted by molar-refractivity contribution is 5.80. The van der Waals surface area contributed by atoms with Crippen molar-refractivity contribution in [3.63, 3.8) is 0 Å². The molecule has 2 unspecified atom stereocenters. The standard InChI is InChI=1S/2C17H18O4/c2*1-20-14-9-6-10-15(21-2)16(14)13(17(18)19)11-12-7-4-3-5-8-12/h2*3-10,13H,11H2,1-2H3,(H,18,19). The third kappa shape index (κ3) is 8.04. The van der Waals surface area contributed by atoms with Crippen LogP contribution in [0.4, 0.5) is 0 Å². The van der Waals surface area contributed by atoms with E-state index in [1.807, 2.05) is 60.7 Å². The summed E-state index contributed by atoms with van der Waals surface area (Å²) >= 11 is 0. The van der Waals surface area contributed by atoms with Crippen LogP contribution in [0, 0.1) is 0 Å². The summed E-state index contributed by atoms with van der Waals surface area (Å²) in [6.07, 6.45) is 0.764. The van der Waals surface area contributed by atoms with Crippen molar-refractivity contribution in [3.8, 4) is 23.0 Å². The molecule has 4 aromatic carbocycles. The zero-order valence-corrected chi connectivity index (χ0v) is 24.2. The molecule has 4 rings (SSSR count). The summed E-state index contributed by atoms with van der Waals surface area (Å²) in [5.41, 5.74) is 3.05. The Hall–Kier alpha value is -4.98. The van der Waals surface area contributed by atoms with Gasteiger partial charge in [0, 0.05) is 0 Å². The number of hydrogen-bond donors (Lipinski definition) is 2. The van der Waals surface area contributed by atoms with Crippen LogP contribution in [0.2, 0.25) is 0 Å². The fraction of sp³-hybridized carbons (Fsp3) is 0.235. The van der Waals surface area contributed by atoms with Crippen LogP contribution in [0.5, 0.6) is 23.0 Å². The minimum absolute atomic E-state index is 0.382. The molecule has 0 aromatic heterocycles. The molecule has 0 amide bonds. The topological polar surface area (TPSA) is 112 Å². The average molecular weight is 573 g/mol. The Morgan fingerprint density at radius 3 is 1.02 bits per heavy atom. The summed E-state index contributed by atoms with van der Waals surface area (Å²) in [4.78, 5) is 23.5. The van der Waals surface area contributed by atoms with Crippen LogP contribution in [0.15, 0.2) is 97.1 Å². The third-order valence-corrected chi connectivity index (χ3v) is 6.79. The summed E-state index contributed by atoms with van der Waals surface area (Å²) in [6, 6.07) is 29.6. The van der Waals surface area contributed by atoms with Crippen LogP contribution < -0.4 is 18.9 Å². The minimum Gasteiger partial charge on any atom is -0.496 e. The number of benzene rings is 4. The summed E-state index contributed by atoms with van der Waals surface area (Å²) < 4.78 is 21.3. The van der Waals surface area contributed by atoms with Gasteiger partial charge in [-0.3, -0.25) is 9.59 Å². The van der Waals surface area contributed by atoms with E-state index >= 15 is 0 Å². The fourth-order valence-corrected chi connectivity index (χ4v) is 4.77. The molecule has 0 bridgehead atoms. The quantitative estimate of drug-likeness (QED) is 0.206. The Labute approximate surface area is 246 Å². The maximum Gasteiger partial charge on any atom is 0.311 e. The zero-order chi connectivity index (χ0) is 30.5. The molecule has 220 valence electrons. The first-order chi connectivity index (χ1) is 20.3. The first-order valence-electron chi connectivity index (χ1n) is 13.3. The van der Waals surface area contributed by atoms with Crippen LogP contribution >= 0.6 is 0 Å². The molecular weight excluding hydrogens is 536 g/mol. The molecule has 8 heteroatoms. The molecule has 0 aliphatic rings. The van der Waals surface area contributed by atoms with Gasteiger partial charge in [-0.1, -0.05) is 72.8 Å². The van der Waals surface area contributed by atoms with Crippen molar-refractivity contribution in [2.24, 2.45) is 0 Å². The van der Waals surface area contributed by atoms with E-state index in [0.29, 0.717) is 47.0 Å². The molecule has 0 fully saturated rings. The van der Waals surface area contributed by atoms with Crippen molar-refractivity contribution in [2.45, 2.75) is 24.7 Å². The van der Waals surface area contributed by atoms with Gasteiger partial charge in [-0.15, -0.1) is 0 Å². The third-order valence-electron chi connectivity index (χ3n) is 6.79. The van der Waals surface area contributed by atoms with Gasteiger partial charge in [0.2, 0.25) is 0 Å². The maximum atomic E-state index is 11.7. The lowest BCUT2D eigenvalue weighted by atomic mass is 9.90. The molecule has 0 aliphatic heterocycles. The highest BCUT2D eigenvalue weighted by Gasteiger charge is 2.28. The molecule has 0 saturated heterocycles. The van der Waals surface area contributed by atoms with E-state index in [4.69, 9.17) is 18.9 Å². The average Bonchev–Trinajstić information content (AvgIpc) is 3.02. The largest absolute Gasteiger partial charge is 0.496 e. The minimum atomic E-state index is -0.901. The summed E-state index contributed by atoms with van der Waals surface area (Å²) in [6.45, 7) is 0. The summed E-state index contributed by atoms with van der Waals surface area (Å²) in [7, 11) is 6.11. The number of rotatable bonds is 12. The van der Waals surface area contributed by atoms with E-state index in [-0.39, 0.29) is 0 Å². The van der Waals surface area contributed by atoms with Crippen LogP contribution in [0.3, 0.4) is 0 Å². The number of ether oxygens (including phenoxy) is 4. The van der Waals surface area contributed by atoms with Gasteiger partial charge >= 0.3 is 11.9 Å². The predicted molar refractivity (Wildman–Crippen MR) is 160 cm³/mol. The van der Waals surface area contributed by atoms with Crippen molar-refractivity contribution < 1.29 is 38.7 Å². The number of carbonyl (C=O) groups is 2. The normalized spacial score (nSPS) is 11.7. The second-order valence-electron chi connectivity index (χ2n) is 9.31. The molecule has 0 radical (unpaired) electrons. The van der Waals surface area contributed by atoms with E-state index in [2.05, 4.69) is 0 Å². The highest BCUT2D eigenvalue weighted by Crippen LogP contribution is 2.38. The fourth-order valence-electron chi connectivity index (χ4n) is 4.77. The van der Waals surface area contributed by atoms with Crippen molar-refractivity contribution in [1.29, 1.82) is 0 Å². The Kier molecular flexibility index (Phi) is 11.8. The number of hydrogen-bond acceptors (Lipinski definition) is 6. The van der Waals surface area contributed by atoms with Gasteiger partial charge in [0.05, 0.1) is 51.4 Å². The molecule has 4 aromatic rings.